The molecule has 3 N–H and O–H groups in total. The van der Waals surface area contributed by atoms with E-state index < -0.39 is 0 Å². The Kier molecular flexibility index (Phi) is 5.50. The third kappa shape index (κ3) is 4.14. The van der Waals surface area contributed by atoms with Crippen LogP contribution in [-0.2, 0) is 11.2 Å². The molecule has 1 atom stereocenters. The van der Waals surface area contributed by atoms with Gasteiger partial charge in [0.2, 0.25) is 5.91 Å². The molecule has 0 spiro atoms. The second-order valence-electron chi connectivity index (χ2n) is 5.67. The van der Waals surface area contributed by atoms with E-state index in [4.69, 9.17) is 5.73 Å². The van der Waals surface area contributed by atoms with Crippen LogP contribution in [0.3, 0.4) is 0 Å². The van der Waals surface area contributed by atoms with Crippen molar-refractivity contribution in [3.05, 3.63) is 18.1 Å². The SMILES string of the molecule is CCCc1cncnc1N1CCC(N[C@@H](C)C(N)=O)CC1. The number of hydrogen-bond donors (Lipinski definition) is 2. The lowest BCUT2D eigenvalue weighted by Crippen LogP contribution is -2.49. The number of aromatic nitrogens is 2. The van der Waals surface area contributed by atoms with E-state index in [0.717, 1.165) is 44.6 Å². The Labute approximate surface area is 126 Å². The van der Waals surface area contributed by atoms with E-state index in [1.165, 1.54) is 5.56 Å². The monoisotopic (exact) mass is 291 g/mol. The summed E-state index contributed by atoms with van der Waals surface area (Å²) in [5.74, 6) is 0.770. The quantitative estimate of drug-likeness (QED) is 0.812. The highest BCUT2D eigenvalue weighted by Crippen LogP contribution is 2.22. The first-order chi connectivity index (χ1) is 10.1. The molecule has 6 nitrogen and oxygen atoms in total. The van der Waals surface area contributed by atoms with Crippen LogP contribution in [0.15, 0.2) is 12.5 Å². The molecule has 2 heterocycles. The summed E-state index contributed by atoms with van der Waals surface area (Å²) in [4.78, 5) is 22.0. The number of primary amides is 1. The van der Waals surface area contributed by atoms with E-state index in [1.54, 1.807) is 6.33 Å². The number of anilines is 1. The molecule has 0 saturated carbocycles. The van der Waals surface area contributed by atoms with E-state index >= 15 is 0 Å². The van der Waals surface area contributed by atoms with Gasteiger partial charge in [-0.2, -0.15) is 0 Å². The second kappa shape index (κ2) is 7.36. The minimum absolute atomic E-state index is 0.267. The summed E-state index contributed by atoms with van der Waals surface area (Å²) in [6.07, 6.45) is 7.63. The molecule has 1 aliphatic rings. The largest absolute Gasteiger partial charge is 0.368 e. The van der Waals surface area contributed by atoms with Crippen LogP contribution in [0.4, 0.5) is 5.82 Å². The van der Waals surface area contributed by atoms with Gasteiger partial charge in [-0.15, -0.1) is 0 Å². The van der Waals surface area contributed by atoms with Crippen LogP contribution in [-0.4, -0.2) is 41.0 Å². The molecule has 21 heavy (non-hydrogen) atoms. The number of amides is 1. The number of nitrogens with two attached hydrogens (primary N) is 1. The summed E-state index contributed by atoms with van der Waals surface area (Å²) in [7, 11) is 0. The summed E-state index contributed by atoms with van der Waals surface area (Å²) in [6.45, 7) is 5.87. The van der Waals surface area contributed by atoms with Crippen LogP contribution < -0.4 is 16.0 Å². The zero-order valence-corrected chi connectivity index (χ0v) is 12.9. The summed E-state index contributed by atoms with van der Waals surface area (Å²) in [5, 5.41) is 3.30. The van der Waals surface area contributed by atoms with Crippen molar-refractivity contribution >= 4 is 11.7 Å². The van der Waals surface area contributed by atoms with Crippen molar-refractivity contribution in [3.63, 3.8) is 0 Å². The highest BCUT2D eigenvalue weighted by Gasteiger charge is 2.23. The summed E-state index contributed by atoms with van der Waals surface area (Å²) >= 11 is 0. The number of carbonyl (C=O) groups excluding carboxylic acids is 1. The fourth-order valence-corrected chi connectivity index (χ4v) is 2.78. The molecule has 6 heteroatoms. The number of carbonyl (C=O) groups is 1. The molecule has 0 radical (unpaired) electrons. The molecule has 0 aliphatic carbocycles. The third-order valence-electron chi connectivity index (χ3n) is 3.99. The van der Waals surface area contributed by atoms with Gasteiger partial charge in [-0.25, -0.2) is 9.97 Å². The number of nitrogens with zero attached hydrogens (tertiary/aromatic N) is 3. The number of piperidine rings is 1. The summed E-state index contributed by atoms with van der Waals surface area (Å²) < 4.78 is 0. The average Bonchev–Trinajstić information content (AvgIpc) is 2.49. The van der Waals surface area contributed by atoms with Crippen molar-refractivity contribution < 1.29 is 4.79 Å². The van der Waals surface area contributed by atoms with Gasteiger partial charge in [0.15, 0.2) is 0 Å². The summed E-state index contributed by atoms with van der Waals surface area (Å²) in [6, 6.07) is 0.0801. The standard InChI is InChI=1S/C15H25N5O/c1-3-4-12-9-17-10-18-15(12)20-7-5-13(6-8-20)19-11(2)14(16)21/h9-11,13,19H,3-8H2,1-2H3,(H2,16,21)/t11-/m0/s1. The first-order valence-electron chi connectivity index (χ1n) is 7.71. The Morgan fingerprint density at radius 3 is 2.86 bits per heavy atom. The van der Waals surface area contributed by atoms with Crippen molar-refractivity contribution in [2.45, 2.75) is 51.6 Å². The number of aryl methyl sites for hydroxylation is 1. The third-order valence-corrected chi connectivity index (χ3v) is 3.99. The molecule has 0 bridgehead atoms. The molecule has 0 aromatic carbocycles. The van der Waals surface area contributed by atoms with Crippen molar-refractivity contribution in [1.82, 2.24) is 15.3 Å². The van der Waals surface area contributed by atoms with Gasteiger partial charge in [0.1, 0.15) is 12.1 Å². The second-order valence-corrected chi connectivity index (χ2v) is 5.67. The van der Waals surface area contributed by atoms with Crippen molar-refractivity contribution in [2.75, 3.05) is 18.0 Å². The van der Waals surface area contributed by atoms with Gasteiger partial charge < -0.3 is 16.0 Å². The predicted molar refractivity (Wildman–Crippen MR) is 83.1 cm³/mol. The van der Waals surface area contributed by atoms with Crippen molar-refractivity contribution in [3.8, 4) is 0 Å². The Hall–Kier alpha value is -1.69. The molecule has 0 unspecified atom stereocenters. The van der Waals surface area contributed by atoms with E-state index in [1.807, 2.05) is 13.1 Å². The van der Waals surface area contributed by atoms with Crippen molar-refractivity contribution in [1.29, 1.82) is 0 Å². The Balaban J connectivity index is 1.93. The van der Waals surface area contributed by atoms with Gasteiger partial charge in [0, 0.05) is 30.9 Å². The topological polar surface area (TPSA) is 84.1 Å². The molecule has 1 amide bonds. The lowest BCUT2D eigenvalue weighted by Gasteiger charge is -2.35. The highest BCUT2D eigenvalue weighted by molar-refractivity contribution is 5.79. The first-order valence-corrected chi connectivity index (χ1v) is 7.71. The molecule has 1 aliphatic heterocycles. The van der Waals surface area contributed by atoms with Gasteiger partial charge in [0.25, 0.3) is 0 Å². The Morgan fingerprint density at radius 2 is 2.24 bits per heavy atom. The van der Waals surface area contributed by atoms with Crippen LogP contribution in [0.5, 0.6) is 0 Å². The highest BCUT2D eigenvalue weighted by atomic mass is 16.1. The lowest BCUT2D eigenvalue weighted by atomic mass is 10.0. The van der Waals surface area contributed by atoms with Gasteiger partial charge in [-0.05, 0) is 26.2 Å². The number of nitrogens with one attached hydrogen (secondary N) is 1. The fraction of sp³-hybridized carbons (Fsp3) is 0.667. The predicted octanol–water partition coefficient (Wildman–Crippen LogP) is 0.861. The van der Waals surface area contributed by atoms with Crippen LogP contribution in [0.25, 0.3) is 0 Å². The Bertz CT molecular complexity index is 471. The van der Waals surface area contributed by atoms with E-state index in [9.17, 15) is 4.79 Å². The molecule has 116 valence electrons. The van der Waals surface area contributed by atoms with Gasteiger partial charge >= 0.3 is 0 Å². The van der Waals surface area contributed by atoms with Crippen molar-refractivity contribution in [2.24, 2.45) is 5.73 Å². The van der Waals surface area contributed by atoms with E-state index in [2.05, 4.69) is 27.1 Å². The van der Waals surface area contributed by atoms with E-state index in [0.29, 0.717) is 6.04 Å². The van der Waals surface area contributed by atoms with Gasteiger partial charge in [-0.3, -0.25) is 4.79 Å². The maximum Gasteiger partial charge on any atom is 0.234 e. The number of hydrogen-bond acceptors (Lipinski definition) is 5. The minimum Gasteiger partial charge on any atom is -0.368 e. The van der Waals surface area contributed by atoms with Crippen LogP contribution in [0, 0.1) is 0 Å². The first kappa shape index (κ1) is 15.7. The van der Waals surface area contributed by atoms with Crippen LogP contribution >= 0.6 is 0 Å². The maximum atomic E-state index is 11.1. The fourth-order valence-electron chi connectivity index (χ4n) is 2.78. The molecule has 1 fully saturated rings. The molecule has 1 aromatic heterocycles. The van der Waals surface area contributed by atoms with Gasteiger partial charge in [-0.1, -0.05) is 13.3 Å². The number of rotatable bonds is 6. The zero-order chi connectivity index (χ0) is 15.2. The lowest BCUT2D eigenvalue weighted by molar-refractivity contribution is -0.119. The normalized spacial score (nSPS) is 17.7. The average molecular weight is 291 g/mol. The van der Waals surface area contributed by atoms with Gasteiger partial charge in [0.05, 0.1) is 6.04 Å². The minimum atomic E-state index is -0.293. The maximum absolute atomic E-state index is 11.1. The Morgan fingerprint density at radius 1 is 1.52 bits per heavy atom. The smallest absolute Gasteiger partial charge is 0.234 e. The molecule has 1 saturated heterocycles. The summed E-state index contributed by atoms with van der Waals surface area (Å²) in [5.41, 5.74) is 6.52. The molecule has 1 aromatic rings. The van der Waals surface area contributed by atoms with Crippen LogP contribution in [0.2, 0.25) is 0 Å². The molecular formula is C15H25N5O. The molecular weight excluding hydrogens is 266 g/mol. The van der Waals surface area contributed by atoms with E-state index in [-0.39, 0.29) is 11.9 Å². The van der Waals surface area contributed by atoms with Crippen LogP contribution in [0.1, 0.15) is 38.7 Å². The zero-order valence-electron chi connectivity index (χ0n) is 12.9. The molecule has 2 rings (SSSR count).